The van der Waals surface area contributed by atoms with Crippen molar-refractivity contribution >= 4 is 28.3 Å². The molecule has 3 rings (SSSR count). The van der Waals surface area contributed by atoms with Gasteiger partial charge in [-0.1, -0.05) is 6.07 Å². The first-order valence-electron chi connectivity index (χ1n) is 11.0. The summed E-state index contributed by atoms with van der Waals surface area (Å²) >= 11 is 0. The van der Waals surface area contributed by atoms with Crippen LogP contribution in [0.2, 0.25) is 0 Å². The van der Waals surface area contributed by atoms with Gasteiger partial charge in [0.15, 0.2) is 0 Å². The number of hydrogen-bond acceptors (Lipinski definition) is 6. The van der Waals surface area contributed by atoms with Crippen LogP contribution >= 0.6 is 0 Å². The van der Waals surface area contributed by atoms with Crippen molar-refractivity contribution in [3.8, 4) is 22.8 Å². The van der Waals surface area contributed by atoms with E-state index in [1.807, 2.05) is 0 Å². The van der Waals surface area contributed by atoms with Crippen molar-refractivity contribution in [3.63, 3.8) is 0 Å². The molecule has 0 bridgehead atoms. The fraction of sp³-hybridized carbons (Fsp3) is 0.231. The maximum atomic E-state index is 12.9. The minimum atomic E-state index is -3.98. The Morgan fingerprint density at radius 1 is 1.11 bits per heavy atom. The Labute approximate surface area is 211 Å². The zero-order valence-electron chi connectivity index (χ0n) is 20.6. The number of amides is 1. The number of furan rings is 1. The molecule has 0 aliphatic rings. The van der Waals surface area contributed by atoms with Crippen LogP contribution in [0.1, 0.15) is 11.1 Å². The lowest BCUT2D eigenvalue weighted by Gasteiger charge is -2.10. The number of nitrogens with one attached hydrogen (secondary N) is 1. The van der Waals surface area contributed by atoms with E-state index >= 15 is 0 Å². The number of benzene rings is 2. The van der Waals surface area contributed by atoms with E-state index in [0.717, 1.165) is 11.1 Å². The van der Waals surface area contributed by atoms with E-state index in [1.165, 1.54) is 18.7 Å². The van der Waals surface area contributed by atoms with E-state index in [-0.39, 0.29) is 10.8 Å². The molecule has 0 saturated carbocycles. The van der Waals surface area contributed by atoms with E-state index in [4.69, 9.17) is 13.9 Å². The van der Waals surface area contributed by atoms with Gasteiger partial charge in [-0.3, -0.25) is 4.79 Å². The van der Waals surface area contributed by atoms with Crippen LogP contribution in [0.15, 0.2) is 74.6 Å². The molecule has 36 heavy (non-hydrogen) atoms. The Morgan fingerprint density at radius 2 is 1.92 bits per heavy atom. The number of rotatable bonds is 11. The van der Waals surface area contributed by atoms with E-state index in [9.17, 15) is 13.2 Å². The monoisotopic (exact) mass is 511 g/mol. The fourth-order valence-electron chi connectivity index (χ4n) is 3.29. The van der Waals surface area contributed by atoms with Crippen molar-refractivity contribution in [1.29, 1.82) is 0 Å². The molecule has 0 saturated heterocycles. The first-order valence-corrected chi connectivity index (χ1v) is 12.5. The largest absolute Gasteiger partial charge is 0.497 e. The van der Waals surface area contributed by atoms with Gasteiger partial charge >= 0.3 is 0 Å². The fourth-order valence-corrected chi connectivity index (χ4v) is 4.47. The average molecular weight is 512 g/mol. The van der Waals surface area contributed by atoms with E-state index in [2.05, 4.69) is 9.71 Å². The molecule has 1 aromatic heterocycles. The first-order chi connectivity index (χ1) is 17.2. The highest BCUT2D eigenvalue weighted by Gasteiger charge is 2.20. The molecular formula is C26H29N3O6S. The Balaban J connectivity index is 1.71. The van der Waals surface area contributed by atoms with Gasteiger partial charge in [0.1, 0.15) is 28.5 Å². The standard InChI is InChI=1S/C26H29N3O6S/c1-29(2)18-28-36(31,32)25-16-19(7-11-22(25)23-6-5-15-35-23)13-14-27-26(30)12-9-20-8-10-21(33-3)17-24(20)34-4/h5-12,15-18H,13-14H2,1-4H3,(H,27,30)/b12-9+,28-18?. The molecule has 0 fully saturated rings. The highest BCUT2D eigenvalue weighted by molar-refractivity contribution is 7.90. The molecule has 0 atom stereocenters. The molecule has 1 amide bonds. The highest BCUT2D eigenvalue weighted by Crippen LogP contribution is 2.30. The number of nitrogens with zero attached hydrogens (tertiary/aromatic N) is 2. The number of methoxy groups -OCH3 is 2. The van der Waals surface area contributed by atoms with Crippen LogP contribution in [0.25, 0.3) is 17.4 Å². The van der Waals surface area contributed by atoms with Crippen molar-refractivity contribution in [1.82, 2.24) is 10.2 Å². The Morgan fingerprint density at radius 3 is 2.58 bits per heavy atom. The molecule has 0 spiro atoms. The second-order valence-corrected chi connectivity index (χ2v) is 9.55. The number of ether oxygens (including phenoxy) is 2. The van der Waals surface area contributed by atoms with Crippen LogP contribution in [0.5, 0.6) is 11.5 Å². The SMILES string of the molecule is COc1ccc(/C=C/C(=O)NCCc2ccc(-c3ccco3)c(S(=O)(=O)N=CN(C)C)c2)c(OC)c1. The van der Waals surface area contributed by atoms with Gasteiger partial charge in [-0.05, 0) is 54.5 Å². The summed E-state index contributed by atoms with van der Waals surface area (Å²) in [5, 5.41) is 2.81. The van der Waals surface area contributed by atoms with Gasteiger partial charge in [-0.15, -0.1) is 4.40 Å². The summed E-state index contributed by atoms with van der Waals surface area (Å²) < 4.78 is 45.6. The van der Waals surface area contributed by atoms with Crippen molar-refractivity contribution in [2.75, 3.05) is 34.9 Å². The summed E-state index contributed by atoms with van der Waals surface area (Å²) in [6.45, 7) is 0.309. The molecule has 0 aliphatic heterocycles. The smallest absolute Gasteiger partial charge is 0.284 e. The van der Waals surface area contributed by atoms with Crippen LogP contribution in [0.4, 0.5) is 0 Å². The minimum Gasteiger partial charge on any atom is -0.497 e. The molecule has 0 aliphatic carbocycles. The number of hydrogen-bond donors (Lipinski definition) is 1. The van der Waals surface area contributed by atoms with Crippen LogP contribution in [0, 0.1) is 0 Å². The number of carbonyl (C=O) groups is 1. The molecule has 3 aromatic rings. The second kappa shape index (κ2) is 12.1. The average Bonchev–Trinajstić information content (AvgIpc) is 3.41. The quantitative estimate of drug-likeness (QED) is 0.238. The molecule has 1 N–H and O–H groups in total. The van der Waals surface area contributed by atoms with Crippen LogP contribution < -0.4 is 14.8 Å². The lowest BCUT2D eigenvalue weighted by atomic mass is 10.1. The zero-order chi connectivity index (χ0) is 26.1. The number of carbonyl (C=O) groups excluding carboxylic acids is 1. The number of sulfonamides is 1. The highest BCUT2D eigenvalue weighted by atomic mass is 32.2. The minimum absolute atomic E-state index is 0.0332. The summed E-state index contributed by atoms with van der Waals surface area (Å²) in [5.74, 6) is 1.37. The Kier molecular flexibility index (Phi) is 8.91. The van der Waals surface area contributed by atoms with Crippen molar-refractivity contribution in [3.05, 3.63) is 72.0 Å². The predicted molar refractivity (Wildman–Crippen MR) is 139 cm³/mol. The van der Waals surface area contributed by atoms with Gasteiger partial charge in [0.05, 0.1) is 20.5 Å². The molecule has 9 nitrogen and oxygen atoms in total. The van der Waals surface area contributed by atoms with Gasteiger partial charge in [0, 0.05) is 43.9 Å². The van der Waals surface area contributed by atoms with E-state index < -0.39 is 10.0 Å². The van der Waals surface area contributed by atoms with Gasteiger partial charge in [-0.2, -0.15) is 8.42 Å². The summed E-state index contributed by atoms with van der Waals surface area (Å²) in [6.07, 6.45) is 6.20. The van der Waals surface area contributed by atoms with Crippen molar-refractivity contribution in [2.45, 2.75) is 11.3 Å². The molecule has 0 unspecified atom stereocenters. The van der Waals surface area contributed by atoms with Gasteiger partial charge in [-0.25, -0.2) is 0 Å². The van der Waals surface area contributed by atoms with Crippen LogP contribution in [0.3, 0.4) is 0 Å². The third kappa shape index (κ3) is 6.98. The van der Waals surface area contributed by atoms with Gasteiger partial charge in [0.25, 0.3) is 10.0 Å². The van der Waals surface area contributed by atoms with Gasteiger partial charge in [0.2, 0.25) is 5.91 Å². The maximum absolute atomic E-state index is 12.9. The topological polar surface area (TPSA) is 110 Å². The zero-order valence-corrected chi connectivity index (χ0v) is 21.4. The van der Waals surface area contributed by atoms with Crippen LogP contribution in [-0.4, -0.2) is 60.4 Å². The summed E-state index contributed by atoms with van der Waals surface area (Å²) in [7, 11) is 2.50. The summed E-state index contributed by atoms with van der Waals surface area (Å²) in [4.78, 5) is 13.9. The first kappa shape index (κ1) is 26.6. The second-order valence-electron chi connectivity index (χ2n) is 7.95. The van der Waals surface area contributed by atoms with E-state index in [1.54, 1.807) is 87.8 Å². The Hall–Kier alpha value is -4.05. The third-order valence-electron chi connectivity index (χ3n) is 5.10. The molecule has 1 heterocycles. The van der Waals surface area contributed by atoms with Crippen molar-refractivity contribution < 1.29 is 27.1 Å². The maximum Gasteiger partial charge on any atom is 0.284 e. The van der Waals surface area contributed by atoms with E-state index in [0.29, 0.717) is 35.8 Å². The molecular weight excluding hydrogens is 482 g/mol. The predicted octanol–water partition coefficient (Wildman–Crippen LogP) is 3.61. The van der Waals surface area contributed by atoms with Gasteiger partial charge < -0.3 is 24.1 Å². The summed E-state index contributed by atoms with van der Waals surface area (Å²) in [5.41, 5.74) is 1.88. The van der Waals surface area contributed by atoms with Crippen molar-refractivity contribution in [2.24, 2.45) is 4.40 Å². The molecule has 10 heteroatoms. The normalized spacial score (nSPS) is 11.7. The van der Waals surface area contributed by atoms with Crippen LogP contribution in [-0.2, 0) is 21.2 Å². The molecule has 190 valence electrons. The lowest BCUT2D eigenvalue weighted by Crippen LogP contribution is -2.23. The Bertz CT molecular complexity index is 1350. The molecule has 2 aromatic carbocycles. The lowest BCUT2D eigenvalue weighted by molar-refractivity contribution is -0.116. The summed E-state index contributed by atoms with van der Waals surface area (Å²) in [6, 6.07) is 13.7. The third-order valence-corrected chi connectivity index (χ3v) is 6.36. The molecule has 0 radical (unpaired) electrons.